The molecule has 0 bridgehead atoms. The molecule has 53 heavy (non-hydrogen) atoms. The van der Waals surface area contributed by atoms with Crippen LogP contribution in [0.25, 0.3) is 0 Å². The molecule has 0 aliphatic carbocycles. The van der Waals surface area contributed by atoms with Gasteiger partial charge in [0.05, 0.1) is 44.8 Å². The average Bonchev–Trinajstić information content (AvgIpc) is 3.75. The minimum Gasteiger partial charge on any atom is -0.508 e. The first kappa shape index (κ1) is 41.3. The molecule has 3 aromatic carbocycles. The van der Waals surface area contributed by atoms with Gasteiger partial charge >= 0.3 is 0 Å². The number of fused-ring (bicyclic) bond motifs is 1. The van der Waals surface area contributed by atoms with Gasteiger partial charge in [0.1, 0.15) is 5.75 Å². The number of unbranched alkanes of at least 4 members (excludes halogenated alkanes) is 3. The first-order valence-corrected chi connectivity index (χ1v) is 18.8. The number of imidazole rings is 1. The third-order valence-corrected chi connectivity index (χ3v) is 9.14. The Morgan fingerprint density at radius 2 is 1.74 bits per heavy atom. The Hall–Kier alpha value is -4.44. The number of hydrogen-bond acceptors (Lipinski definition) is 11. The lowest BCUT2D eigenvalue weighted by Crippen LogP contribution is -2.22. The van der Waals surface area contributed by atoms with E-state index in [0.717, 1.165) is 73.6 Å². The van der Waals surface area contributed by atoms with Crippen LogP contribution in [-0.2, 0) is 40.6 Å². The molecule has 1 aliphatic rings. The molecule has 0 saturated carbocycles. The predicted molar refractivity (Wildman–Crippen MR) is 205 cm³/mol. The highest BCUT2D eigenvalue weighted by Gasteiger charge is 2.15. The van der Waals surface area contributed by atoms with Gasteiger partial charge < -0.3 is 50.4 Å². The lowest BCUT2D eigenvalue weighted by atomic mass is 10.1. The smallest absolute Gasteiger partial charge is 0.300 e. The van der Waals surface area contributed by atoms with Crippen LogP contribution in [0.4, 0.5) is 11.4 Å². The van der Waals surface area contributed by atoms with E-state index in [-0.39, 0.29) is 18.3 Å². The summed E-state index contributed by atoms with van der Waals surface area (Å²) < 4.78 is 13.7. The Kier molecular flexibility index (Phi) is 17.6. The highest BCUT2D eigenvalue weighted by Crippen LogP contribution is 2.25. The van der Waals surface area contributed by atoms with Gasteiger partial charge in [0.25, 0.3) is 11.9 Å². The molecular weight excluding hydrogens is 699 g/mol. The number of thioether (sulfide) groups is 1. The standard InChI is InChI=1S/C37H47N5O6S.C2H4O2/c43-25-30-20-28(11-12-34(30)44)35(45)23-38-13-3-1-2-4-15-47-16-17-48-26-27-7-5-10-32(19-27)40-36(46)29-8-6-9-31(21-29)39-22-33-24-42-14-18-49-37(42)41-33;1-2(3)4/h5-12,19-21,24,35,38-39,43-45H,1-4,13-18,22-23,25-26H2,(H,40,46);1H3,(H,3,4)/t35-;/m0./s1. The van der Waals surface area contributed by atoms with E-state index in [9.17, 15) is 20.1 Å². The van der Waals surface area contributed by atoms with Crippen molar-refractivity contribution in [3.63, 3.8) is 0 Å². The number of aromatic nitrogens is 2. The second kappa shape index (κ2) is 22.6. The monoisotopic (exact) mass is 749 g/mol. The SMILES string of the molecule is CC(=O)O.O=C(Nc1cccc(COCCOCCCCCCNC[C@H](O)c2ccc(O)c(CO)c2)c1)c1cccc(NCc2cn3c(n2)SCC3)c1. The van der Waals surface area contributed by atoms with Crippen molar-refractivity contribution >= 4 is 35.0 Å². The van der Waals surface area contributed by atoms with Crippen molar-refractivity contribution in [3.8, 4) is 5.75 Å². The number of rotatable bonds is 21. The van der Waals surface area contributed by atoms with Crippen LogP contribution in [0.15, 0.2) is 78.1 Å². The van der Waals surface area contributed by atoms with Gasteiger partial charge in [-0.2, -0.15) is 0 Å². The molecule has 0 spiro atoms. The Bertz CT molecular complexity index is 1710. The van der Waals surface area contributed by atoms with Crippen LogP contribution in [0, 0.1) is 0 Å². The summed E-state index contributed by atoms with van der Waals surface area (Å²) in [6, 6.07) is 19.9. The first-order valence-electron chi connectivity index (χ1n) is 17.8. The summed E-state index contributed by atoms with van der Waals surface area (Å²) >= 11 is 1.77. The number of aliphatic hydroxyl groups excluding tert-OH is 2. The van der Waals surface area contributed by atoms with Crippen LogP contribution >= 0.6 is 11.8 Å². The largest absolute Gasteiger partial charge is 0.508 e. The number of aliphatic carboxylic acids is 1. The molecule has 7 N–H and O–H groups in total. The number of hydrogen-bond donors (Lipinski definition) is 7. The van der Waals surface area contributed by atoms with Gasteiger partial charge in [0.15, 0.2) is 5.16 Å². The molecule has 1 amide bonds. The van der Waals surface area contributed by atoms with Crippen LogP contribution in [0.5, 0.6) is 5.75 Å². The summed E-state index contributed by atoms with van der Waals surface area (Å²) in [4.78, 5) is 26.6. The number of aryl methyl sites for hydroxylation is 1. The molecule has 0 saturated heterocycles. The van der Waals surface area contributed by atoms with E-state index in [1.54, 1.807) is 30.0 Å². The summed E-state index contributed by atoms with van der Waals surface area (Å²) in [7, 11) is 0. The van der Waals surface area contributed by atoms with Gasteiger partial charge in [0.2, 0.25) is 0 Å². The number of amides is 1. The second-order valence-corrected chi connectivity index (χ2v) is 13.6. The Balaban J connectivity index is 0.00000149. The van der Waals surface area contributed by atoms with Gasteiger partial charge in [-0.3, -0.25) is 9.59 Å². The zero-order valence-electron chi connectivity index (χ0n) is 30.1. The molecule has 5 rings (SSSR count). The third-order valence-electron chi connectivity index (χ3n) is 8.17. The maximum absolute atomic E-state index is 13.0. The first-order chi connectivity index (χ1) is 25.7. The molecule has 2 heterocycles. The predicted octanol–water partition coefficient (Wildman–Crippen LogP) is 5.56. The maximum atomic E-state index is 13.0. The molecule has 0 fully saturated rings. The Morgan fingerprint density at radius 3 is 2.55 bits per heavy atom. The van der Waals surface area contributed by atoms with Crippen LogP contribution in [-0.4, -0.2) is 80.5 Å². The van der Waals surface area contributed by atoms with Crippen molar-refractivity contribution in [2.45, 2.75) is 70.2 Å². The van der Waals surface area contributed by atoms with Crippen molar-refractivity contribution in [1.82, 2.24) is 14.9 Å². The normalized spacial score (nSPS) is 12.4. The quantitative estimate of drug-likeness (QED) is 0.0527. The number of benzene rings is 3. The fraction of sp³-hybridized carbons (Fsp3) is 0.410. The van der Waals surface area contributed by atoms with Gasteiger partial charge in [0, 0.05) is 61.1 Å². The molecule has 1 aromatic heterocycles. The number of aliphatic hydroxyl groups is 2. The molecule has 0 unspecified atom stereocenters. The fourth-order valence-electron chi connectivity index (χ4n) is 5.47. The molecule has 1 aliphatic heterocycles. The molecule has 1 atom stereocenters. The van der Waals surface area contributed by atoms with Crippen LogP contribution in [0.1, 0.15) is 71.5 Å². The molecule has 286 valence electrons. The lowest BCUT2D eigenvalue weighted by Gasteiger charge is -2.14. The average molecular weight is 750 g/mol. The number of nitrogens with one attached hydrogen (secondary N) is 3. The van der Waals surface area contributed by atoms with Crippen LogP contribution in [0.3, 0.4) is 0 Å². The number of carbonyl (C=O) groups is 2. The van der Waals surface area contributed by atoms with E-state index in [1.807, 2.05) is 42.5 Å². The van der Waals surface area contributed by atoms with Crippen LogP contribution in [0.2, 0.25) is 0 Å². The number of carboxylic acid groups (broad SMARTS) is 1. The zero-order valence-corrected chi connectivity index (χ0v) is 30.9. The van der Waals surface area contributed by atoms with Gasteiger partial charge in [-0.05, 0) is 73.0 Å². The third kappa shape index (κ3) is 14.8. The minimum absolute atomic E-state index is 0.0312. The van der Waals surface area contributed by atoms with Crippen molar-refractivity contribution in [2.24, 2.45) is 0 Å². The second-order valence-electron chi connectivity index (χ2n) is 12.5. The highest BCUT2D eigenvalue weighted by atomic mass is 32.2. The van der Waals surface area contributed by atoms with Crippen LogP contribution < -0.4 is 16.0 Å². The summed E-state index contributed by atoms with van der Waals surface area (Å²) in [5.74, 6) is 0.102. The fourth-order valence-corrected chi connectivity index (χ4v) is 6.43. The number of carboxylic acids is 1. The van der Waals surface area contributed by atoms with E-state index in [1.165, 1.54) is 6.07 Å². The number of anilines is 2. The van der Waals surface area contributed by atoms with Crippen molar-refractivity contribution < 1.29 is 39.5 Å². The molecule has 4 aromatic rings. The Morgan fingerprint density at radius 1 is 0.962 bits per heavy atom. The zero-order chi connectivity index (χ0) is 37.8. The number of nitrogens with zero attached hydrogens (tertiary/aromatic N) is 2. The summed E-state index contributed by atoms with van der Waals surface area (Å²) in [6.07, 6.45) is 5.51. The number of carbonyl (C=O) groups excluding carboxylic acids is 1. The molecule has 13 nitrogen and oxygen atoms in total. The van der Waals surface area contributed by atoms with Gasteiger partial charge in [-0.1, -0.05) is 48.9 Å². The number of ether oxygens (including phenoxy) is 2. The van der Waals surface area contributed by atoms with E-state index in [0.29, 0.717) is 61.9 Å². The summed E-state index contributed by atoms with van der Waals surface area (Å²) in [6.45, 7) is 5.77. The van der Waals surface area contributed by atoms with Gasteiger partial charge in [-0.25, -0.2) is 4.98 Å². The number of phenols is 1. The van der Waals surface area contributed by atoms with E-state index >= 15 is 0 Å². The van der Waals surface area contributed by atoms with Crippen molar-refractivity contribution in [2.75, 3.05) is 49.3 Å². The van der Waals surface area contributed by atoms with E-state index < -0.39 is 12.1 Å². The molecular formula is C39H51N5O8S. The Labute approximate surface area is 314 Å². The molecule has 0 radical (unpaired) electrons. The van der Waals surface area contributed by atoms with Crippen molar-refractivity contribution in [3.05, 3.63) is 101 Å². The van der Waals surface area contributed by atoms with Crippen molar-refractivity contribution in [1.29, 1.82) is 0 Å². The summed E-state index contributed by atoms with van der Waals surface area (Å²) in [5.41, 5.74) is 5.19. The topological polar surface area (TPSA) is 187 Å². The lowest BCUT2D eigenvalue weighted by molar-refractivity contribution is -0.134. The highest BCUT2D eigenvalue weighted by molar-refractivity contribution is 7.99. The maximum Gasteiger partial charge on any atom is 0.300 e. The minimum atomic E-state index is -0.833. The van der Waals surface area contributed by atoms with Gasteiger partial charge in [-0.15, -0.1) is 0 Å². The molecule has 14 heteroatoms. The van der Waals surface area contributed by atoms with E-state index in [4.69, 9.17) is 19.4 Å². The number of aromatic hydroxyl groups is 1. The summed E-state index contributed by atoms with van der Waals surface area (Å²) in [5, 5.41) is 47.4. The van der Waals surface area contributed by atoms with E-state index in [2.05, 4.69) is 31.7 Å².